The molecule has 2 fully saturated rings. The standard InChI is InChI=1S/C45H52N8O6S/c1-23(2)36(50-44(56)58-5)42(54)52-18-8-9-34(52)40-46-32-16-12-27-19-25(10-14-30(27)38(32)48-40)26-11-15-31-28(20-26)13-17-33-39(31)49-41(47-33)35-21-29(60-7)22-53(35)43(55)37(24(3)4)51-45(57)59-6/h10-17,19-20,23-24,29,34-37H,8-9,18,21-22H2,1-7H3,(H,46,48)(H,47,49)(H,50,56)(H,51,57)/t29-,34-,35-,36?,37-/m0/s1. The Balaban J connectivity index is 1.06. The summed E-state index contributed by atoms with van der Waals surface area (Å²) in [7, 11) is 2.59. The minimum atomic E-state index is -0.718. The maximum atomic E-state index is 14.0. The molecule has 0 saturated carbocycles. The zero-order chi connectivity index (χ0) is 42.4. The van der Waals surface area contributed by atoms with Crippen molar-refractivity contribution in [3.05, 3.63) is 72.3 Å². The fourth-order valence-corrected chi connectivity index (χ4v) is 9.54. The number of ether oxygens (including phenoxy) is 2. The van der Waals surface area contributed by atoms with E-state index in [4.69, 9.17) is 19.4 Å². The number of carbonyl (C=O) groups is 4. The van der Waals surface area contributed by atoms with Gasteiger partial charge in [0, 0.05) is 29.1 Å². The van der Waals surface area contributed by atoms with Gasteiger partial charge in [0.15, 0.2) is 0 Å². The molecular weight excluding hydrogens is 781 g/mol. The molecule has 2 aliphatic heterocycles. The summed E-state index contributed by atoms with van der Waals surface area (Å²) in [5, 5.41) is 9.82. The van der Waals surface area contributed by atoms with Crippen LogP contribution in [0.3, 0.4) is 0 Å². The lowest BCUT2D eigenvalue weighted by atomic mass is 9.98. The van der Waals surface area contributed by atoms with Gasteiger partial charge >= 0.3 is 12.2 Å². The van der Waals surface area contributed by atoms with Gasteiger partial charge in [-0.05, 0) is 83.5 Å². The number of H-pyrrole nitrogens is 2. The molecule has 4 heterocycles. The highest BCUT2D eigenvalue weighted by Crippen LogP contribution is 2.39. The summed E-state index contributed by atoms with van der Waals surface area (Å²) in [5.41, 5.74) is 5.63. The Hall–Kier alpha value is -5.83. The fourth-order valence-electron chi connectivity index (χ4n) is 8.86. The molecule has 6 aromatic rings. The molecule has 2 saturated heterocycles. The third-order valence-corrected chi connectivity index (χ3v) is 13.1. The van der Waals surface area contributed by atoms with Crippen molar-refractivity contribution in [2.45, 2.75) is 76.4 Å². The van der Waals surface area contributed by atoms with Gasteiger partial charge in [0.05, 0.1) is 48.4 Å². The first-order valence-electron chi connectivity index (χ1n) is 20.6. The number of thioether (sulfide) groups is 1. The number of likely N-dealkylation sites (tertiary alicyclic amines) is 2. The lowest BCUT2D eigenvalue weighted by Crippen LogP contribution is -2.51. The molecule has 14 nitrogen and oxygen atoms in total. The quantitative estimate of drug-likeness (QED) is 0.107. The number of hydrogen-bond donors (Lipinski definition) is 4. The largest absolute Gasteiger partial charge is 0.453 e. The molecular formula is C45H52N8O6S. The van der Waals surface area contributed by atoms with Crippen LogP contribution in [0.15, 0.2) is 60.7 Å². The summed E-state index contributed by atoms with van der Waals surface area (Å²) in [4.78, 5) is 72.8. The number of amides is 4. The molecule has 8 rings (SSSR count). The summed E-state index contributed by atoms with van der Waals surface area (Å²) in [5.74, 6) is 0.944. The summed E-state index contributed by atoms with van der Waals surface area (Å²) in [6.07, 6.45) is 3.17. The van der Waals surface area contributed by atoms with Crippen LogP contribution >= 0.6 is 11.8 Å². The minimum absolute atomic E-state index is 0.115. The topological polar surface area (TPSA) is 175 Å². The first kappa shape index (κ1) is 40.9. The Kier molecular flexibility index (Phi) is 11.4. The third kappa shape index (κ3) is 7.59. The van der Waals surface area contributed by atoms with Crippen molar-refractivity contribution < 1.29 is 28.7 Å². The van der Waals surface area contributed by atoms with E-state index >= 15 is 0 Å². The van der Waals surface area contributed by atoms with Crippen molar-refractivity contribution in [2.75, 3.05) is 33.6 Å². The van der Waals surface area contributed by atoms with E-state index < -0.39 is 24.3 Å². The molecule has 15 heteroatoms. The lowest BCUT2D eigenvalue weighted by molar-refractivity contribution is -0.136. The SMILES string of the molecule is COC(=O)NC(C(=O)N1CCC[C@H]1c1nc2c(ccc3cc(-c4ccc5c(ccc6[nH]c([C@@H]7C[C@H](SC)CN7C(=O)[C@@H](NC(=O)OC)C(C)C)nc65)c4)ccc32)[nH]1)C(C)C. The van der Waals surface area contributed by atoms with Gasteiger partial charge < -0.3 is 39.9 Å². The Labute approximate surface area is 352 Å². The summed E-state index contributed by atoms with van der Waals surface area (Å²) in [6, 6.07) is 19.2. The molecule has 1 unspecified atom stereocenters. The third-order valence-electron chi connectivity index (χ3n) is 12.1. The number of alkyl carbamates (subject to hydrolysis) is 2. The van der Waals surface area contributed by atoms with E-state index in [0.29, 0.717) is 13.1 Å². The molecule has 0 spiro atoms. The van der Waals surface area contributed by atoms with Gasteiger partial charge in [-0.2, -0.15) is 11.8 Å². The van der Waals surface area contributed by atoms with Gasteiger partial charge in [-0.15, -0.1) is 0 Å². The number of fused-ring (bicyclic) bond motifs is 6. The zero-order valence-electron chi connectivity index (χ0n) is 35.0. The number of nitrogens with zero attached hydrogens (tertiary/aromatic N) is 4. The molecule has 0 aliphatic carbocycles. The maximum absolute atomic E-state index is 14.0. The average Bonchev–Trinajstić information content (AvgIpc) is 4.08. The van der Waals surface area contributed by atoms with Crippen LogP contribution in [0.1, 0.15) is 70.7 Å². The molecule has 0 bridgehead atoms. The van der Waals surface area contributed by atoms with E-state index in [9.17, 15) is 19.2 Å². The first-order valence-corrected chi connectivity index (χ1v) is 21.9. The second-order valence-electron chi connectivity index (χ2n) is 16.5. The van der Waals surface area contributed by atoms with Crippen LogP contribution in [0.4, 0.5) is 9.59 Å². The van der Waals surface area contributed by atoms with Crippen molar-refractivity contribution >= 4 is 79.4 Å². The van der Waals surface area contributed by atoms with Gasteiger partial charge in [0.1, 0.15) is 23.7 Å². The van der Waals surface area contributed by atoms with Crippen molar-refractivity contribution in [3.63, 3.8) is 0 Å². The second kappa shape index (κ2) is 16.7. The highest BCUT2D eigenvalue weighted by atomic mass is 32.2. The monoisotopic (exact) mass is 832 g/mol. The van der Waals surface area contributed by atoms with E-state index in [2.05, 4.69) is 75.4 Å². The Morgan fingerprint density at radius 3 is 1.70 bits per heavy atom. The average molecular weight is 833 g/mol. The number of methoxy groups -OCH3 is 2. The van der Waals surface area contributed by atoms with E-state index in [1.165, 1.54) is 14.2 Å². The molecule has 4 aromatic carbocycles. The van der Waals surface area contributed by atoms with Crippen LogP contribution in [0, 0.1) is 11.8 Å². The predicted molar refractivity (Wildman–Crippen MR) is 235 cm³/mol. The van der Waals surface area contributed by atoms with Gasteiger partial charge in [0.25, 0.3) is 0 Å². The molecule has 4 amide bonds. The minimum Gasteiger partial charge on any atom is -0.453 e. The van der Waals surface area contributed by atoms with Gasteiger partial charge in [-0.25, -0.2) is 19.6 Å². The highest BCUT2D eigenvalue weighted by Gasteiger charge is 2.42. The Bertz CT molecular complexity index is 2620. The number of nitrogens with one attached hydrogen (secondary N) is 4. The highest BCUT2D eigenvalue weighted by molar-refractivity contribution is 7.99. The summed E-state index contributed by atoms with van der Waals surface area (Å²) >= 11 is 1.73. The summed E-state index contributed by atoms with van der Waals surface area (Å²) in [6.45, 7) is 8.80. The van der Waals surface area contributed by atoms with Crippen LogP contribution < -0.4 is 10.6 Å². The normalized spacial score (nSPS) is 19.2. The zero-order valence-corrected chi connectivity index (χ0v) is 35.8. The van der Waals surface area contributed by atoms with E-state index in [1.807, 2.05) is 49.6 Å². The van der Waals surface area contributed by atoms with Crippen molar-refractivity contribution in [2.24, 2.45) is 11.8 Å². The van der Waals surface area contributed by atoms with Crippen molar-refractivity contribution in [1.29, 1.82) is 0 Å². The van der Waals surface area contributed by atoms with Gasteiger partial charge in [-0.3, -0.25) is 9.59 Å². The van der Waals surface area contributed by atoms with Gasteiger partial charge in [0.2, 0.25) is 11.8 Å². The smallest absolute Gasteiger partial charge is 0.407 e. The number of aromatic amines is 2. The number of aromatic nitrogens is 4. The second-order valence-corrected chi connectivity index (χ2v) is 17.7. The van der Waals surface area contributed by atoms with Crippen LogP contribution in [0.5, 0.6) is 0 Å². The fraction of sp³-hybridized carbons (Fsp3) is 0.422. The van der Waals surface area contributed by atoms with E-state index in [0.717, 1.165) is 85.6 Å². The molecule has 2 aromatic heterocycles. The molecule has 4 N–H and O–H groups in total. The number of imidazole rings is 2. The molecule has 2 aliphatic rings. The number of carbonyl (C=O) groups excluding carboxylic acids is 4. The number of rotatable bonds is 10. The van der Waals surface area contributed by atoms with Crippen LogP contribution in [0.2, 0.25) is 0 Å². The van der Waals surface area contributed by atoms with Gasteiger partial charge in [-0.1, -0.05) is 64.1 Å². The van der Waals surface area contributed by atoms with E-state index in [1.54, 1.807) is 11.8 Å². The molecule has 60 heavy (non-hydrogen) atoms. The van der Waals surface area contributed by atoms with Crippen LogP contribution in [0.25, 0.3) is 54.7 Å². The maximum Gasteiger partial charge on any atom is 0.407 e. The van der Waals surface area contributed by atoms with Crippen LogP contribution in [-0.2, 0) is 19.1 Å². The molecule has 0 radical (unpaired) electrons. The van der Waals surface area contributed by atoms with Crippen LogP contribution in [-0.4, -0.2) is 105 Å². The first-order chi connectivity index (χ1) is 28.9. The molecule has 314 valence electrons. The predicted octanol–water partition coefficient (Wildman–Crippen LogP) is 7.84. The lowest BCUT2D eigenvalue weighted by Gasteiger charge is -2.30. The summed E-state index contributed by atoms with van der Waals surface area (Å²) < 4.78 is 9.62. The van der Waals surface area contributed by atoms with Crippen molar-refractivity contribution in [1.82, 2.24) is 40.4 Å². The van der Waals surface area contributed by atoms with E-state index in [-0.39, 0.29) is 41.0 Å². The Morgan fingerprint density at radius 1 is 0.717 bits per heavy atom. The Morgan fingerprint density at radius 2 is 1.22 bits per heavy atom. The number of benzene rings is 4. The number of hydrogen-bond acceptors (Lipinski definition) is 9. The molecule has 5 atom stereocenters. The van der Waals surface area contributed by atoms with Crippen molar-refractivity contribution in [3.8, 4) is 11.1 Å².